The molecule has 0 aromatic carbocycles. The standard InChI is InChI=1S/C14H23N3S/c1-4-17(8-11(2)3)9-13-10-18-14(16-13)7-15-12-5-6-12/h10,12,15H,2,4-9H2,1,3H3. The van der Waals surface area contributed by atoms with Gasteiger partial charge in [0.2, 0.25) is 0 Å². The van der Waals surface area contributed by atoms with Gasteiger partial charge in [-0.15, -0.1) is 11.3 Å². The molecule has 1 saturated carbocycles. The predicted molar refractivity (Wildman–Crippen MR) is 77.7 cm³/mol. The van der Waals surface area contributed by atoms with E-state index in [-0.39, 0.29) is 0 Å². The van der Waals surface area contributed by atoms with Crippen molar-refractivity contribution in [1.29, 1.82) is 0 Å². The number of hydrogen-bond acceptors (Lipinski definition) is 4. The van der Waals surface area contributed by atoms with E-state index in [9.17, 15) is 0 Å². The Morgan fingerprint density at radius 1 is 1.61 bits per heavy atom. The van der Waals surface area contributed by atoms with Crippen molar-refractivity contribution < 1.29 is 0 Å². The lowest BCUT2D eigenvalue weighted by atomic mass is 10.3. The molecule has 18 heavy (non-hydrogen) atoms. The van der Waals surface area contributed by atoms with E-state index in [1.54, 1.807) is 11.3 Å². The van der Waals surface area contributed by atoms with Gasteiger partial charge in [0, 0.05) is 31.1 Å². The molecular weight excluding hydrogens is 242 g/mol. The Morgan fingerprint density at radius 3 is 3.00 bits per heavy atom. The van der Waals surface area contributed by atoms with Gasteiger partial charge in [0.05, 0.1) is 5.69 Å². The van der Waals surface area contributed by atoms with Crippen LogP contribution < -0.4 is 5.32 Å². The van der Waals surface area contributed by atoms with Crippen LogP contribution >= 0.6 is 11.3 Å². The predicted octanol–water partition coefficient (Wildman–Crippen LogP) is 2.79. The molecule has 0 bridgehead atoms. The summed E-state index contributed by atoms with van der Waals surface area (Å²) in [5, 5.41) is 6.90. The van der Waals surface area contributed by atoms with Crippen LogP contribution in [0.1, 0.15) is 37.4 Å². The molecule has 2 rings (SSSR count). The second kappa shape index (κ2) is 6.45. The number of likely N-dealkylation sites (N-methyl/N-ethyl adjacent to an activating group) is 1. The lowest BCUT2D eigenvalue weighted by molar-refractivity contribution is 0.301. The number of nitrogens with one attached hydrogen (secondary N) is 1. The normalized spacial score (nSPS) is 15.3. The molecule has 4 heteroatoms. The van der Waals surface area contributed by atoms with Crippen molar-refractivity contribution in [1.82, 2.24) is 15.2 Å². The summed E-state index contributed by atoms with van der Waals surface area (Å²) in [6, 6.07) is 0.757. The van der Waals surface area contributed by atoms with Gasteiger partial charge >= 0.3 is 0 Å². The Balaban J connectivity index is 1.81. The average Bonchev–Trinajstić information content (AvgIpc) is 3.06. The maximum atomic E-state index is 4.69. The minimum absolute atomic E-state index is 0.757. The minimum Gasteiger partial charge on any atom is -0.308 e. The molecule has 1 N–H and O–H groups in total. The quantitative estimate of drug-likeness (QED) is 0.733. The molecular formula is C14H23N3S. The van der Waals surface area contributed by atoms with Crippen LogP contribution in [0.25, 0.3) is 0 Å². The smallest absolute Gasteiger partial charge is 0.107 e. The van der Waals surface area contributed by atoms with Gasteiger partial charge in [-0.2, -0.15) is 0 Å². The van der Waals surface area contributed by atoms with Gasteiger partial charge in [0.25, 0.3) is 0 Å². The average molecular weight is 265 g/mol. The summed E-state index contributed by atoms with van der Waals surface area (Å²) in [4.78, 5) is 7.06. The summed E-state index contributed by atoms with van der Waals surface area (Å²) in [6.45, 7) is 12.1. The van der Waals surface area contributed by atoms with Crippen molar-refractivity contribution in [2.75, 3.05) is 13.1 Å². The molecule has 100 valence electrons. The van der Waals surface area contributed by atoms with Crippen molar-refractivity contribution in [3.63, 3.8) is 0 Å². The molecule has 0 atom stereocenters. The third kappa shape index (κ3) is 4.52. The third-order valence-corrected chi connectivity index (χ3v) is 3.94. The molecule has 0 amide bonds. The van der Waals surface area contributed by atoms with Crippen LogP contribution in [0.2, 0.25) is 0 Å². The van der Waals surface area contributed by atoms with Crippen molar-refractivity contribution in [2.45, 2.75) is 45.8 Å². The van der Waals surface area contributed by atoms with E-state index in [4.69, 9.17) is 0 Å². The van der Waals surface area contributed by atoms with Crippen LogP contribution in [0, 0.1) is 0 Å². The number of nitrogens with zero attached hydrogens (tertiary/aromatic N) is 2. The lowest BCUT2D eigenvalue weighted by Crippen LogP contribution is -2.24. The van der Waals surface area contributed by atoms with Gasteiger partial charge in [0.15, 0.2) is 0 Å². The van der Waals surface area contributed by atoms with Gasteiger partial charge in [0.1, 0.15) is 5.01 Å². The van der Waals surface area contributed by atoms with E-state index in [0.29, 0.717) is 0 Å². The molecule has 0 saturated heterocycles. The molecule has 3 nitrogen and oxygen atoms in total. The number of thiazole rings is 1. The molecule has 0 aliphatic heterocycles. The van der Waals surface area contributed by atoms with Crippen LogP contribution in [0.5, 0.6) is 0 Å². The molecule has 1 aromatic rings. The van der Waals surface area contributed by atoms with Gasteiger partial charge in [-0.05, 0) is 26.3 Å². The number of hydrogen-bond donors (Lipinski definition) is 1. The fourth-order valence-corrected chi connectivity index (χ4v) is 2.65. The van der Waals surface area contributed by atoms with Crippen LogP contribution in [-0.2, 0) is 13.1 Å². The fraction of sp³-hybridized carbons (Fsp3) is 0.643. The number of aromatic nitrogens is 1. The summed E-state index contributed by atoms with van der Waals surface area (Å²) >= 11 is 1.77. The highest BCUT2D eigenvalue weighted by Gasteiger charge is 2.20. The van der Waals surface area contributed by atoms with Crippen molar-refractivity contribution in [3.05, 3.63) is 28.2 Å². The lowest BCUT2D eigenvalue weighted by Gasteiger charge is -2.18. The second-order valence-electron chi connectivity index (χ2n) is 5.15. The molecule has 1 aliphatic carbocycles. The molecule has 0 radical (unpaired) electrons. The molecule has 0 spiro atoms. The Kier molecular flexibility index (Phi) is 4.92. The third-order valence-electron chi connectivity index (χ3n) is 3.04. The van der Waals surface area contributed by atoms with Crippen LogP contribution in [0.15, 0.2) is 17.5 Å². The number of rotatable bonds is 8. The highest BCUT2D eigenvalue weighted by molar-refractivity contribution is 7.09. The Morgan fingerprint density at radius 2 is 2.39 bits per heavy atom. The maximum absolute atomic E-state index is 4.69. The monoisotopic (exact) mass is 265 g/mol. The van der Waals surface area contributed by atoms with E-state index in [0.717, 1.165) is 32.2 Å². The van der Waals surface area contributed by atoms with E-state index < -0.39 is 0 Å². The van der Waals surface area contributed by atoms with Crippen molar-refractivity contribution in [2.24, 2.45) is 0 Å². The van der Waals surface area contributed by atoms with Gasteiger partial charge in [-0.1, -0.05) is 19.1 Å². The summed E-state index contributed by atoms with van der Waals surface area (Å²) < 4.78 is 0. The van der Waals surface area contributed by atoms with E-state index in [2.05, 4.69) is 41.0 Å². The molecule has 1 aromatic heterocycles. The molecule has 1 heterocycles. The minimum atomic E-state index is 0.757. The van der Waals surface area contributed by atoms with Gasteiger partial charge in [-0.25, -0.2) is 4.98 Å². The highest BCUT2D eigenvalue weighted by atomic mass is 32.1. The zero-order valence-corrected chi connectivity index (χ0v) is 12.2. The van der Waals surface area contributed by atoms with Gasteiger partial charge in [-0.3, -0.25) is 4.90 Å². The summed E-state index contributed by atoms with van der Waals surface area (Å²) in [5.74, 6) is 0. The fourth-order valence-electron chi connectivity index (χ4n) is 1.91. The summed E-state index contributed by atoms with van der Waals surface area (Å²) in [5.41, 5.74) is 2.40. The van der Waals surface area contributed by atoms with Crippen molar-refractivity contribution >= 4 is 11.3 Å². The van der Waals surface area contributed by atoms with E-state index in [1.807, 2.05) is 0 Å². The van der Waals surface area contributed by atoms with Gasteiger partial charge < -0.3 is 5.32 Å². The first-order valence-corrected chi connectivity index (χ1v) is 7.58. The van der Waals surface area contributed by atoms with Crippen LogP contribution in [0.4, 0.5) is 0 Å². The molecule has 1 aliphatic rings. The topological polar surface area (TPSA) is 28.2 Å². The van der Waals surface area contributed by atoms with E-state index in [1.165, 1.54) is 29.1 Å². The Hall–Kier alpha value is -0.710. The first kappa shape index (κ1) is 13.7. The summed E-state index contributed by atoms with van der Waals surface area (Å²) in [6.07, 6.45) is 2.67. The van der Waals surface area contributed by atoms with Crippen molar-refractivity contribution in [3.8, 4) is 0 Å². The Labute approximate surface area is 114 Å². The van der Waals surface area contributed by atoms with Crippen LogP contribution in [0.3, 0.4) is 0 Å². The van der Waals surface area contributed by atoms with Crippen LogP contribution in [-0.4, -0.2) is 29.0 Å². The largest absolute Gasteiger partial charge is 0.308 e. The highest BCUT2D eigenvalue weighted by Crippen LogP contribution is 2.20. The maximum Gasteiger partial charge on any atom is 0.107 e. The Bertz CT molecular complexity index is 395. The first-order chi connectivity index (χ1) is 8.67. The SMILES string of the molecule is C=C(C)CN(CC)Cc1csc(CNC2CC2)n1. The van der Waals surface area contributed by atoms with E-state index >= 15 is 0 Å². The zero-order chi connectivity index (χ0) is 13.0. The summed E-state index contributed by atoms with van der Waals surface area (Å²) in [7, 11) is 0. The second-order valence-corrected chi connectivity index (χ2v) is 6.09. The zero-order valence-electron chi connectivity index (χ0n) is 11.4. The molecule has 0 unspecified atom stereocenters. The molecule has 1 fully saturated rings. The first-order valence-electron chi connectivity index (χ1n) is 6.70.